The van der Waals surface area contributed by atoms with Crippen molar-refractivity contribution in [2.75, 3.05) is 11.9 Å². The zero-order chi connectivity index (χ0) is 13.7. The Bertz CT molecular complexity index is 602. The first kappa shape index (κ1) is 13.3. The number of nitrogens with zero attached hydrogens (tertiary/aromatic N) is 2. The molecule has 1 aromatic carbocycles. The molecular formula is C15H17N3O. The van der Waals surface area contributed by atoms with Gasteiger partial charge in [-0.25, -0.2) is 4.98 Å². The highest BCUT2D eigenvalue weighted by Gasteiger charge is 2.06. The summed E-state index contributed by atoms with van der Waals surface area (Å²) in [6.07, 6.45) is 1.29. The van der Waals surface area contributed by atoms with E-state index < -0.39 is 0 Å². The average Bonchev–Trinajstić information content (AvgIpc) is 2.42. The summed E-state index contributed by atoms with van der Waals surface area (Å²) in [5.74, 6) is 0.617. The summed E-state index contributed by atoms with van der Waals surface area (Å²) in [5, 5.41) is 22.5. The van der Waals surface area contributed by atoms with Gasteiger partial charge in [0.15, 0.2) is 0 Å². The van der Waals surface area contributed by atoms with Crippen molar-refractivity contribution in [1.29, 1.82) is 5.26 Å². The lowest BCUT2D eigenvalue weighted by atomic mass is 10.1. The van der Waals surface area contributed by atoms with Crippen LogP contribution in [-0.2, 0) is 0 Å². The van der Waals surface area contributed by atoms with E-state index in [1.54, 1.807) is 6.92 Å². The number of rotatable bonds is 5. The molecule has 0 aliphatic rings. The van der Waals surface area contributed by atoms with Crippen LogP contribution in [0.15, 0.2) is 30.3 Å². The molecule has 2 aromatic rings. The number of aromatic nitrogens is 1. The topological polar surface area (TPSA) is 68.9 Å². The predicted octanol–water partition coefficient (Wildman–Crippen LogP) is 2.68. The van der Waals surface area contributed by atoms with Gasteiger partial charge in [0.1, 0.15) is 11.9 Å². The second-order valence-corrected chi connectivity index (χ2v) is 4.61. The van der Waals surface area contributed by atoms with E-state index in [2.05, 4.69) is 16.4 Å². The average molecular weight is 255 g/mol. The predicted molar refractivity (Wildman–Crippen MR) is 75.9 cm³/mol. The third-order valence-electron chi connectivity index (χ3n) is 2.94. The number of aliphatic hydroxyl groups excluding tert-OH is 1. The molecule has 0 fully saturated rings. The summed E-state index contributed by atoms with van der Waals surface area (Å²) in [6.45, 7) is 2.47. The number of hydrogen-bond acceptors (Lipinski definition) is 4. The smallest absolute Gasteiger partial charge is 0.144 e. The highest BCUT2D eigenvalue weighted by Crippen LogP contribution is 2.19. The normalized spacial score (nSPS) is 12.1. The summed E-state index contributed by atoms with van der Waals surface area (Å²) in [6, 6.07) is 11.7. The Labute approximate surface area is 112 Å². The van der Waals surface area contributed by atoms with Gasteiger partial charge in [-0.05, 0) is 31.9 Å². The quantitative estimate of drug-likeness (QED) is 0.806. The van der Waals surface area contributed by atoms with Crippen molar-refractivity contribution in [2.45, 2.75) is 25.9 Å². The van der Waals surface area contributed by atoms with Gasteiger partial charge >= 0.3 is 0 Å². The Kier molecular flexibility index (Phi) is 4.32. The molecule has 0 spiro atoms. The summed E-state index contributed by atoms with van der Waals surface area (Å²) in [7, 11) is 0. The first-order valence-electron chi connectivity index (χ1n) is 6.42. The monoisotopic (exact) mass is 255 g/mol. The van der Waals surface area contributed by atoms with Gasteiger partial charge in [0, 0.05) is 11.9 Å². The molecule has 0 bridgehead atoms. The van der Waals surface area contributed by atoms with Crippen molar-refractivity contribution in [3.8, 4) is 6.07 Å². The number of fused-ring (bicyclic) bond motifs is 1. The van der Waals surface area contributed by atoms with E-state index in [4.69, 9.17) is 5.26 Å². The zero-order valence-corrected chi connectivity index (χ0v) is 10.9. The number of pyridine rings is 1. The minimum Gasteiger partial charge on any atom is -0.393 e. The van der Waals surface area contributed by atoms with Crippen molar-refractivity contribution in [2.24, 2.45) is 0 Å². The molecule has 4 heteroatoms. The molecule has 0 radical (unpaired) electrons. The van der Waals surface area contributed by atoms with Crippen LogP contribution in [-0.4, -0.2) is 22.7 Å². The molecule has 0 amide bonds. The molecule has 4 nitrogen and oxygen atoms in total. The van der Waals surface area contributed by atoms with Crippen LogP contribution < -0.4 is 5.32 Å². The van der Waals surface area contributed by atoms with Crippen LogP contribution >= 0.6 is 0 Å². The van der Waals surface area contributed by atoms with Crippen LogP contribution in [0.3, 0.4) is 0 Å². The lowest BCUT2D eigenvalue weighted by molar-refractivity contribution is 0.183. The summed E-state index contributed by atoms with van der Waals surface area (Å²) < 4.78 is 0. The van der Waals surface area contributed by atoms with E-state index in [0.29, 0.717) is 17.9 Å². The number of hydrogen-bond donors (Lipinski definition) is 2. The SMILES string of the molecule is CC(O)CCCNc1nc2ccccc2cc1C#N. The minimum atomic E-state index is -0.290. The number of para-hydroxylation sites is 1. The molecule has 98 valence electrons. The molecule has 0 saturated heterocycles. The van der Waals surface area contributed by atoms with Crippen molar-refractivity contribution in [1.82, 2.24) is 4.98 Å². The summed E-state index contributed by atoms with van der Waals surface area (Å²) in [4.78, 5) is 4.47. The van der Waals surface area contributed by atoms with Gasteiger partial charge < -0.3 is 10.4 Å². The molecule has 1 atom stereocenters. The molecule has 2 rings (SSSR count). The lowest BCUT2D eigenvalue weighted by Gasteiger charge is -2.09. The second kappa shape index (κ2) is 6.17. The van der Waals surface area contributed by atoms with Crippen molar-refractivity contribution >= 4 is 16.7 Å². The van der Waals surface area contributed by atoms with Gasteiger partial charge in [0.05, 0.1) is 17.2 Å². The largest absolute Gasteiger partial charge is 0.393 e. The van der Waals surface area contributed by atoms with E-state index in [1.807, 2.05) is 30.3 Å². The Morgan fingerprint density at radius 2 is 2.21 bits per heavy atom. The van der Waals surface area contributed by atoms with Crippen LogP contribution in [0.25, 0.3) is 10.9 Å². The number of nitriles is 1. The van der Waals surface area contributed by atoms with Gasteiger partial charge in [0.25, 0.3) is 0 Å². The van der Waals surface area contributed by atoms with Crippen LogP contribution in [0.2, 0.25) is 0 Å². The highest BCUT2D eigenvalue weighted by molar-refractivity contribution is 5.82. The summed E-state index contributed by atoms with van der Waals surface area (Å²) in [5.41, 5.74) is 1.43. The van der Waals surface area contributed by atoms with Crippen molar-refractivity contribution < 1.29 is 5.11 Å². The fourth-order valence-corrected chi connectivity index (χ4v) is 1.94. The third kappa shape index (κ3) is 3.43. The molecule has 1 heterocycles. The standard InChI is InChI=1S/C15H17N3O/c1-11(19)5-4-8-17-15-13(10-16)9-12-6-2-3-7-14(12)18-15/h2-3,6-7,9,11,19H,4-5,8H2,1H3,(H,17,18). The fourth-order valence-electron chi connectivity index (χ4n) is 1.94. The molecular weight excluding hydrogens is 238 g/mol. The highest BCUT2D eigenvalue weighted by atomic mass is 16.3. The van der Waals surface area contributed by atoms with E-state index in [-0.39, 0.29) is 6.10 Å². The van der Waals surface area contributed by atoms with Gasteiger partial charge in [-0.15, -0.1) is 0 Å². The Morgan fingerprint density at radius 1 is 1.42 bits per heavy atom. The van der Waals surface area contributed by atoms with Crippen LogP contribution in [0, 0.1) is 11.3 Å². The fraction of sp³-hybridized carbons (Fsp3) is 0.333. The molecule has 19 heavy (non-hydrogen) atoms. The van der Waals surface area contributed by atoms with E-state index in [0.717, 1.165) is 23.7 Å². The Hall–Kier alpha value is -2.12. The number of nitrogens with one attached hydrogen (secondary N) is 1. The molecule has 1 aromatic heterocycles. The Morgan fingerprint density at radius 3 is 2.95 bits per heavy atom. The van der Waals surface area contributed by atoms with E-state index >= 15 is 0 Å². The molecule has 0 saturated carbocycles. The van der Waals surface area contributed by atoms with E-state index in [9.17, 15) is 5.11 Å². The van der Waals surface area contributed by atoms with Crippen LogP contribution in [0.1, 0.15) is 25.3 Å². The number of benzene rings is 1. The van der Waals surface area contributed by atoms with Gasteiger partial charge in [0.2, 0.25) is 0 Å². The molecule has 2 N–H and O–H groups in total. The molecule has 1 unspecified atom stereocenters. The first-order chi connectivity index (χ1) is 9.20. The van der Waals surface area contributed by atoms with Crippen LogP contribution in [0.5, 0.6) is 0 Å². The molecule has 0 aliphatic carbocycles. The maximum absolute atomic E-state index is 9.20. The lowest BCUT2D eigenvalue weighted by Crippen LogP contribution is -2.08. The van der Waals surface area contributed by atoms with Crippen molar-refractivity contribution in [3.05, 3.63) is 35.9 Å². The first-order valence-corrected chi connectivity index (χ1v) is 6.42. The number of aliphatic hydroxyl groups is 1. The molecule has 0 aliphatic heterocycles. The van der Waals surface area contributed by atoms with Crippen molar-refractivity contribution in [3.63, 3.8) is 0 Å². The van der Waals surface area contributed by atoms with Crippen LogP contribution in [0.4, 0.5) is 5.82 Å². The van der Waals surface area contributed by atoms with Gasteiger partial charge in [-0.2, -0.15) is 5.26 Å². The second-order valence-electron chi connectivity index (χ2n) is 4.61. The maximum Gasteiger partial charge on any atom is 0.144 e. The minimum absolute atomic E-state index is 0.290. The maximum atomic E-state index is 9.20. The Balaban J connectivity index is 2.15. The van der Waals surface area contributed by atoms with Gasteiger partial charge in [-0.1, -0.05) is 18.2 Å². The number of anilines is 1. The van der Waals surface area contributed by atoms with Gasteiger partial charge in [-0.3, -0.25) is 0 Å². The third-order valence-corrected chi connectivity index (χ3v) is 2.94. The van der Waals surface area contributed by atoms with E-state index in [1.165, 1.54) is 0 Å². The summed E-state index contributed by atoms with van der Waals surface area (Å²) >= 11 is 0. The zero-order valence-electron chi connectivity index (χ0n) is 10.9.